The van der Waals surface area contributed by atoms with Gasteiger partial charge >= 0.3 is 12.1 Å². The molecule has 1 aliphatic rings. The fraction of sp³-hybridized carbons (Fsp3) is 0.542. The number of allylic oxidation sites excluding steroid dienone is 3. The first-order valence-electron chi connectivity index (χ1n) is 10.8. The first kappa shape index (κ1) is 28.3. The molecule has 0 heterocycles. The van der Waals surface area contributed by atoms with Gasteiger partial charge in [0.25, 0.3) is 5.92 Å². The fourth-order valence-electron chi connectivity index (χ4n) is 3.85. The van der Waals surface area contributed by atoms with Crippen molar-refractivity contribution in [3.05, 3.63) is 52.6 Å². The van der Waals surface area contributed by atoms with Gasteiger partial charge in [0.1, 0.15) is 10.3 Å². The lowest BCUT2D eigenvalue weighted by atomic mass is 9.75. The highest BCUT2D eigenvalue weighted by Crippen LogP contribution is 2.52. The van der Waals surface area contributed by atoms with Crippen molar-refractivity contribution < 1.29 is 36.0 Å². The zero-order chi connectivity index (χ0) is 26.1. The van der Waals surface area contributed by atoms with Crippen molar-refractivity contribution in [1.29, 1.82) is 0 Å². The molecule has 0 bridgehead atoms. The molecule has 34 heavy (non-hydrogen) atoms. The standard InChI is InChI=1S/C24H30F5NO3S/c1-7-33-20(31)13-19(30-34(32)22(4,5)6)18-12-17(16-11-9-8-10-14(16)2)15(3)21(23(18,25)26)24(27,28)29/h8-12,18-19,30H,7,13H2,1-6H3. The fourth-order valence-corrected chi connectivity index (χ4v) is 4.71. The minimum atomic E-state index is -5.33. The average molecular weight is 508 g/mol. The second-order valence-corrected chi connectivity index (χ2v) is 11.2. The van der Waals surface area contributed by atoms with Crippen LogP contribution in [0.5, 0.6) is 0 Å². The van der Waals surface area contributed by atoms with Crippen LogP contribution in [0.15, 0.2) is 41.5 Å². The van der Waals surface area contributed by atoms with Crippen molar-refractivity contribution >= 4 is 22.9 Å². The molecule has 1 aliphatic carbocycles. The number of benzene rings is 1. The minimum absolute atomic E-state index is 0.00134. The molecule has 1 aromatic carbocycles. The number of hydrogen-bond donors (Lipinski definition) is 1. The van der Waals surface area contributed by atoms with Gasteiger partial charge in [-0.2, -0.15) is 13.2 Å². The lowest BCUT2D eigenvalue weighted by Crippen LogP contribution is -2.54. The Bertz CT molecular complexity index is 966. The summed E-state index contributed by atoms with van der Waals surface area (Å²) in [5.41, 5.74) is -1.59. The molecule has 10 heteroatoms. The maximum atomic E-state index is 15.6. The van der Waals surface area contributed by atoms with Crippen molar-refractivity contribution in [2.45, 2.75) is 70.9 Å². The van der Waals surface area contributed by atoms with E-state index in [1.165, 1.54) is 6.92 Å². The van der Waals surface area contributed by atoms with Crippen molar-refractivity contribution in [3.8, 4) is 0 Å². The van der Waals surface area contributed by atoms with Crippen LogP contribution in [0.4, 0.5) is 22.0 Å². The Labute approximate surface area is 199 Å². The third-order valence-corrected chi connectivity index (χ3v) is 7.17. The maximum absolute atomic E-state index is 15.6. The van der Waals surface area contributed by atoms with E-state index in [1.54, 1.807) is 52.0 Å². The van der Waals surface area contributed by atoms with Gasteiger partial charge < -0.3 is 9.29 Å². The van der Waals surface area contributed by atoms with E-state index < -0.39 is 63.7 Å². The Hall–Kier alpha value is -1.91. The average Bonchev–Trinajstić information content (AvgIpc) is 2.66. The number of alkyl halides is 5. The topological polar surface area (TPSA) is 61.4 Å². The molecule has 0 saturated carbocycles. The van der Waals surface area contributed by atoms with Gasteiger partial charge in [0.15, 0.2) is 0 Å². The number of carbonyl (C=O) groups is 1. The summed E-state index contributed by atoms with van der Waals surface area (Å²) in [5, 5.41) is 0. The molecule has 0 amide bonds. The molecule has 0 radical (unpaired) electrons. The Morgan fingerprint density at radius 1 is 1.21 bits per heavy atom. The summed E-state index contributed by atoms with van der Waals surface area (Å²) in [5.74, 6) is -7.38. The summed E-state index contributed by atoms with van der Waals surface area (Å²) in [6.07, 6.45) is -4.95. The summed E-state index contributed by atoms with van der Waals surface area (Å²) < 4.78 is 92.4. The van der Waals surface area contributed by atoms with Crippen LogP contribution in [0.25, 0.3) is 5.57 Å². The van der Waals surface area contributed by atoms with Crippen molar-refractivity contribution in [2.24, 2.45) is 5.92 Å². The third-order valence-electron chi connectivity index (χ3n) is 5.54. The van der Waals surface area contributed by atoms with Crippen LogP contribution < -0.4 is 4.72 Å². The number of hydrogen-bond acceptors (Lipinski definition) is 4. The van der Waals surface area contributed by atoms with Crippen LogP contribution in [-0.4, -0.2) is 40.0 Å². The van der Waals surface area contributed by atoms with Crippen molar-refractivity contribution in [3.63, 3.8) is 0 Å². The lowest BCUT2D eigenvalue weighted by Gasteiger charge is -2.39. The first-order valence-corrected chi connectivity index (χ1v) is 11.9. The predicted octanol–water partition coefficient (Wildman–Crippen LogP) is 5.90. The molecule has 0 saturated heterocycles. The van der Waals surface area contributed by atoms with E-state index in [2.05, 4.69) is 4.72 Å². The molecule has 190 valence electrons. The van der Waals surface area contributed by atoms with Crippen molar-refractivity contribution in [1.82, 2.24) is 4.72 Å². The Morgan fingerprint density at radius 3 is 2.29 bits per heavy atom. The lowest BCUT2D eigenvalue weighted by molar-refractivity contribution is -0.148. The molecule has 4 nitrogen and oxygen atoms in total. The summed E-state index contributed by atoms with van der Waals surface area (Å²) in [6.45, 7) is 8.91. The van der Waals surface area contributed by atoms with Gasteiger partial charge in [0, 0.05) is 11.4 Å². The normalized spacial score (nSPS) is 20.6. The van der Waals surface area contributed by atoms with Crippen LogP contribution in [-0.2, 0) is 20.9 Å². The molecule has 1 N–H and O–H groups in total. The largest absolute Gasteiger partial charge is 0.598 e. The second kappa shape index (κ2) is 10.4. The molecule has 2 rings (SSSR count). The highest BCUT2D eigenvalue weighted by molar-refractivity contribution is 7.90. The molecular weight excluding hydrogens is 477 g/mol. The number of nitrogens with one attached hydrogen (secondary N) is 1. The molecule has 0 fully saturated rings. The quantitative estimate of drug-likeness (QED) is 0.284. The van der Waals surface area contributed by atoms with Crippen LogP contribution in [0, 0.1) is 12.8 Å². The van der Waals surface area contributed by atoms with Gasteiger partial charge in [-0.3, -0.25) is 4.79 Å². The van der Waals surface area contributed by atoms with E-state index in [0.717, 1.165) is 13.0 Å². The molecule has 0 aliphatic heterocycles. The van der Waals surface area contributed by atoms with Gasteiger partial charge in [-0.25, -0.2) is 8.78 Å². The highest BCUT2D eigenvalue weighted by atomic mass is 32.2. The Balaban J connectivity index is 2.73. The van der Waals surface area contributed by atoms with E-state index in [-0.39, 0.29) is 12.2 Å². The van der Waals surface area contributed by atoms with Crippen LogP contribution in [0.2, 0.25) is 0 Å². The number of esters is 1. The van der Waals surface area contributed by atoms with Gasteiger partial charge in [-0.15, -0.1) is 4.72 Å². The van der Waals surface area contributed by atoms with E-state index >= 15 is 8.78 Å². The van der Waals surface area contributed by atoms with E-state index in [4.69, 9.17) is 4.74 Å². The van der Waals surface area contributed by atoms with Crippen LogP contribution in [0.1, 0.15) is 52.2 Å². The number of carbonyl (C=O) groups excluding carboxylic acids is 1. The van der Waals surface area contributed by atoms with Crippen LogP contribution >= 0.6 is 0 Å². The molecule has 3 unspecified atom stereocenters. The second-order valence-electron chi connectivity index (χ2n) is 9.16. The maximum Gasteiger partial charge on any atom is 0.418 e. The molecule has 3 atom stereocenters. The van der Waals surface area contributed by atoms with E-state index in [0.29, 0.717) is 11.1 Å². The molecule has 1 aromatic rings. The first-order chi connectivity index (χ1) is 15.5. The zero-order valence-electron chi connectivity index (χ0n) is 20.0. The van der Waals surface area contributed by atoms with Crippen molar-refractivity contribution in [2.75, 3.05) is 6.61 Å². The van der Waals surface area contributed by atoms with Gasteiger partial charge in [0.05, 0.1) is 25.0 Å². The summed E-state index contributed by atoms with van der Waals surface area (Å²) >= 11 is -1.94. The number of rotatable bonds is 7. The predicted molar refractivity (Wildman–Crippen MR) is 122 cm³/mol. The van der Waals surface area contributed by atoms with Gasteiger partial charge in [-0.05, 0) is 63.8 Å². The highest BCUT2D eigenvalue weighted by Gasteiger charge is 2.59. The Morgan fingerprint density at radius 2 is 1.79 bits per heavy atom. The summed E-state index contributed by atoms with van der Waals surface area (Å²) in [7, 11) is 0. The molecule has 0 aromatic heterocycles. The third kappa shape index (κ3) is 6.20. The summed E-state index contributed by atoms with van der Waals surface area (Å²) in [4.78, 5) is 12.2. The zero-order valence-corrected chi connectivity index (χ0v) is 20.8. The Kier molecular flexibility index (Phi) is 8.64. The van der Waals surface area contributed by atoms with Gasteiger partial charge in [-0.1, -0.05) is 30.3 Å². The minimum Gasteiger partial charge on any atom is -0.598 e. The van der Waals surface area contributed by atoms with E-state index in [9.17, 15) is 22.5 Å². The number of ether oxygens (including phenoxy) is 1. The number of halogens is 5. The SMILES string of the molecule is CCOC(=O)CC(N[S+]([O-])C(C)(C)C)C1C=C(c2ccccc2C)C(C)=C(C(F)(F)F)C1(F)F. The van der Waals surface area contributed by atoms with E-state index in [1.807, 2.05) is 0 Å². The van der Waals surface area contributed by atoms with Crippen LogP contribution in [0.3, 0.4) is 0 Å². The smallest absolute Gasteiger partial charge is 0.418 e. The monoisotopic (exact) mass is 507 g/mol. The molecular formula is C24H30F5NO3S. The summed E-state index contributed by atoms with van der Waals surface area (Å²) in [6, 6.07) is 4.94. The molecule has 0 spiro atoms. The van der Waals surface area contributed by atoms with Gasteiger partial charge in [0.2, 0.25) is 0 Å². The number of aryl methyl sites for hydroxylation is 1.